The van der Waals surface area contributed by atoms with E-state index in [9.17, 15) is 0 Å². The predicted molar refractivity (Wildman–Crippen MR) is 93.7 cm³/mol. The Morgan fingerprint density at radius 2 is 2.13 bits per heavy atom. The molecule has 23 heavy (non-hydrogen) atoms. The van der Waals surface area contributed by atoms with Gasteiger partial charge in [-0.2, -0.15) is 5.10 Å². The molecule has 1 N–H and O–H groups in total. The number of halogens is 2. The Kier molecular flexibility index (Phi) is 6.24. The van der Waals surface area contributed by atoms with Crippen LogP contribution in [-0.2, 0) is 20.1 Å². The SMILES string of the molecule is CCNC(=NCc1ncnn1C)N(C)Cc1ccc(Cl)c(Cl)c1. The minimum Gasteiger partial charge on any atom is -0.357 e. The first-order valence-electron chi connectivity index (χ1n) is 7.27. The summed E-state index contributed by atoms with van der Waals surface area (Å²) in [5, 5.41) is 8.43. The first-order valence-corrected chi connectivity index (χ1v) is 8.03. The number of aromatic nitrogens is 3. The molecule has 0 spiro atoms. The maximum atomic E-state index is 6.07. The third kappa shape index (κ3) is 4.84. The maximum Gasteiger partial charge on any atom is 0.194 e. The standard InChI is InChI=1S/C15H20Cl2N6/c1-4-18-15(19-8-14-20-10-21-23(14)3)22(2)9-11-5-6-12(16)13(17)7-11/h5-7,10H,4,8-9H2,1-3H3,(H,18,19). The summed E-state index contributed by atoms with van der Waals surface area (Å²) in [6, 6.07) is 5.63. The van der Waals surface area contributed by atoms with Gasteiger partial charge in [0.1, 0.15) is 18.7 Å². The van der Waals surface area contributed by atoms with E-state index in [-0.39, 0.29) is 0 Å². The van der Waals surface area contributed by atoms with E-state index in [0.717, 1.165) is 23.9 Å². The number of hydrogen-bond acceptors (Lipinski definition) is 3. The van der Waals surface area contributed by atoms with Gasteiger partial charge in [0.2, 0.25) is 0 Å². The van der Waals surface area contributed by atoms with Crippen LogP contribution in [0, 0.1) is 0 Å². The Morgan fingerprint density at radius 3 is 2.74 bits per heavy atom. The van der Waals surface area contributed by atoms with Gasteiger partial charge >= 0.3 is 0 Å². The van der Waals surface area contributed by atoms with Crippen molar-refractivity contribution in [3.63, 3.8) is 0 Å². The van der Waals surface area contributed by atoms with Crippen molar-refractivity contribution in [3.05, 3.63) is 46.0 Å². The summed E-state index contributed by atoms with van der Waals surface area (Å²) < 4.78 is 1.71. The highest BCUT2D eigenvalue weighted by atomic mass is 35.5. The van der Waals surface area contributed by atoms with Gasteiger partial charge in [-0.15, -0.1) is 0 Å². The predicted octanol–water partition coefficient (Wildman–Crippen LogP) is 2.72. The van der Waals surface area contributed by atoms with Crippen molar-refractivity contribution in [1.29, 1.82) is 0 Å². The Labute approximate surface area is 146 Å². The Bertz CT molecular complexity index is 682. The number of nitrogens with zero attached hydrogens (tertiary/aromatic N) is 5. The maximum absolute atomic E-state index is 6.07. The number of guanidine groups is 1. The second-order valence-corrected chi connectivity index (χ2v) is 5.89. The summed E-state index contributed by atoms with van der Waals surface area (Å²) in [6.07, 6.45) is 1.52. The van der Waals surface area contributed by atoms with E-state index < -0.39 is 0 Å². The van der Waals surface area contributed by atoms with Gasteiger partial charge in [0.05, 0.1) is 10.0 Å². The molecule has 0 atom stereocenters. The van der Waals surface area contributed by atoms with Gasteiger partial charge in [0.15, 0.2) is 5.96 Å². The number of benzene rings is 1. The van der Waals surface area contributed by atoms with Crippen molar-refractivity contribution in [2.75, 3.05) is 13.6 Å². The average Bonchev–Trinajstić information content (AvgIpc) is 2.92. The average molecular weight is 355 g/mol. The Hall–Kier alpha value is -1.79. The zero-order valence-electron chi connectivity index (χ0n) is 13.4. The smallest absolute Gasteiger partial charge is 0.194 e. The molecule has 0 bridgehead atoms. The van der Waals surface area contributed by atoms with Gasteiger partial charge in [-0.3, -0.25) is 4.68 Å². The molecule has 1 heterocycles. The molecule has 0 aliphatic rings. The van der Waals surface area contributed by atoms with E-state index in [1.807, 2.05) is 38.1 Å². The lowest BCUT2D eigenvalue weighted by atomic mass is 10.2. The molecule has 0 radical (unpaired) electrons. The first-order chi connectivity index (χ1) is 11.0. The molecule has 0 unspecified atom stereocenters. The van der Waals surface area contributed by atoms with Gasteiger partial charge in [-0.05, 0) is 24.6 Å². The van der Waals surface area contributed by atoms with Crippen LogP contribution in [0.1, 0.15) is 18.3 Å². The summed E-state index contributed by atoms with van der Waals surface area (Å²) in [7, 11) is 3.82. The molecule has 2 rings (SSSR count). The summed E-state index contributed by atoms with van der Waals surface area (Å²) >= 11 is 12.0. The summed E-state index contributed by atoms with van der Waals surface area (Å²) in [4.78, 5) is 10.8. The largest absolute Gasteiger partial charge is 0.357 e. The molecule has 0 saturated heterocycles. The normalized spacial score (nSPS) is 11.6. The molecule has 0 aliphatic heterocycles. The minimum absolute atomic E-state index is 0.463. The van der Waals surface area contributed by atoms with E-state index in [4.69, 9.17) is 23.2 Å². The van der Waals surface area contributed by atoms with E-state index in [1.165, 1.54) is 6.33 Å². The van der Waals surface area contributed by atoms with E-state index in [0.29, 0.717) is 23.1 Å². The van der Waals surface area contributed by atoms with Gasteiger partial charge < -0.3 is 10.2 Å². The van der Waals surface area contributed by atoms with Crippen molar-refractivity contribution in [3.8, 4) is 0 Å². The van der Waals surface area contributed by atoms with E-state index in [2.05, 4.69) is 20.4 Å². The third-order valence-electron chi connectivity index (χ3n) is 3.28. The Morgan fingerprint density at radius 1 is 1.35 bits per heavy atom. The fourth-order valence-electron chi connectivity index (χ4n) is 2.07. The summed E-state index contributed by atoms with van der Waals surface area (Å²) in [5.41, 5.74) is 1.06. The fraction of sp³-hybridized carbons (Fsp3) is 0.400. The monoisotopic (exact) mass is 354 g/mol. The molecule has 0 amide bonds. The van der Waals surface area contributed by atoms with Crippen LogP contribution in [0.4, 0.5) is 0 Å². The fourth-order valence-corrected chi connectivity index (χ4v) is 2.39. The molecule has 0 fully saturated rings. The Balaban J connectivity index is 2.09. The number of aliphatic imine (C=N–C) groups is 1. The molecule has 6 nitrogen and oxygen atoms in total. The van der Waals surface area contributed by atoms with Crippen LogP contribution in [0.25, 0.3) is 0 Å². The van der Waals surface area contributed by atoms with Crippen LogP contribution in [0.5, 0.6) is 0 Å². The van der Waals surface area contributed by atoms with E-state index in [1.54, 1.807) is 10.7 Å². The third-order valence-corrected chi connectivity index (χ3v) is 4.01. The molecular formula is C15H20Cl2N6. The molecular weight excluding hydrogens is 335 g/mol. The van der Waals surface area contributed by atoms with Crippen LogP contribution in [0.15, 0.2) is 29.5 Å². The summed E-state index contributed by atoms with van der Waals surface area (Å²) in [5.74, 6) is 1.60. The lowest BCUT2D eigenvalue weighted by molar-refractivity contribution is 0.476. The van der Waals surface area contributed by atoms with Crippen molar-refractivity contribution in [2.45, 2.75) is 20.0 Å². The molecule has 0 saturated carbocycles. The highest BCUT2D eigenvalue weighted by Gasteiger charge is 2.09. The van der Waals surface area contributed by atoms with Gasteiger partial charge in [0, 0.05) is 27.2 Å². The van der Waals surface area contributed by atoms with E-state index >= 15 is 0 Å². The van der Waals surface area contributed by atoms with Crippen LogP contribution < -0.4 is 5.32 Å². The lowest BCUT2D eigenvalue weighted by Crippen LogP contribution is -2.38. The zero-order valence-corrected chi connectivity index (χ0v) is 14.9. The number of aryl methyl sites for hydroxylation is 1. The van der Waals surface area contributed by atoms with Crippen LogP contribution >= 0.6 is 23.2 Å². The highest BCUT2D eigenvalue weighted by molar-refractivity contribution is 6.42. The lowest BCUT2D eigenvalue weighted by Gasteiger charge is -2.22. The highest BCUT2D eigenvalue weighted by Crippen LogP contribution is 2.23. The number of rotatable bonds is 5. The van der Waals surface area contributed by atoms with Gasteiger partial charge in [-0.1, -0.05) is 29.3 Å². The second-order valence-electron chi connectivity index (χ2n) is 5.07. The number of nitrogens with one attached hydrogen (secondary N) is 1. The van der Waals surface area contributed by atoms with Gasteiger partial charge in [0.25, 0.3) is 0 Å². The van der Waals surface area contributed by atoms with Crippen molar-refractivity contribution >= 4 is 29.2 Å². The van der Waals surface area contributed by atoms with Gasteiger partial charge in [-0.25, -0.2) is 9.98 Å². The number of hydrogen-bond donors (Lipinski definition) is 1. The van der Waals surface area contributed by atoms with Crippen molar-refractivity contribution in [2.24, 2.45) is 12.0 Å². The van der Waals surface area contributed by atoms with Crippen molar-refractivity contribution in [1.82, 2.24) is 25.0 Å². The summed E-state index contributed by atoms with van der Waals surface area (Å²) in [6.45, 7) is 3.94. The molecule has 0 aliphatic carbocycles. The minimum atomic E-state index is 0.463. The molecule has 2 aromatic rings. The molecule has 124 valence electrons. The second kappa shape index (κ2) is 8.17. The quantitative estimate of drug-likeness (QED) is 0.662. The van der Waals surface area contributed by atoms with Crippen LogP contribution in [0.2, 0.25) is 10.0 Å². The molecule has 8 heteroatoms. The topological polar surface area (TPSA) is 58.3 Å². The molecule has 1 aromatic carbocycles. The van der Waals surface area contributed by atoms with Crippen LogP contribution in [-0.4, -0.2) is 39.2 Å². The zero-order chi connectivity index (χ0) is 16.8. The van der Waals surface area contributed by atoms with Crippen molar-refractivity contribution < 1.29 is 0 Å². The van der Waals surface area contributed by atoms with Crippen LogP contribution in [0.3, 0.4) is 0 Å². The molecule has 1 aromatic heterocycles. The first kappa shape index (κ1) is 17.6.